The van der Waals surface area contributed by atoms with E-state index in [1.807, 2.05) is 12.4 Å². The zero-order valence-corrected chi connectivity index (χ0v) is 19.4. The third-order valence-electron chi connectivity index (χ3n) is 6.51. The third kappa shape index (κ3) is 2.90. The number of hydrogen-bond donors (Lipinski definition) is 2. The van der Waals surface area contributed by atoms with Crippen LogP contribution in [0.3, 0.4) is 0 Å². The molecule has 2 aromatic heterocycles. The van der Waals surface area contributed by atoms with Crippen LogP contribution < -0.4 is 5.32 Å². The van der Waals surface area contributed by atoms with Crippen LogP contribution in [0, 0.1) is 0 Å². The number of aromatic nitrogens is 3. The summed E-state index contributed by atoms with van der Waals surface area (Å²) < 4.78 is 5.80. The lowest BCUT2D eigenvalue weighted by Crippen LogP contribution is -2.29. The first-order valence-electron chi connectivity index (χ1n) is 11.0. The standard InChI is InChI=1S/C26H25N5S/c1-14(2)26-27-12-23(30-26)16-5-7-18-19-8-6-17(24-13-31(4)15(3)29-24)10-21(19)25-22(11-28-32-25)20(18)9-16/h5-15,29H,1-4H3,(H,27,30). The molecule has 1 unspecified atom stereocenters. The van der Waals surface area contributed by atoms with Crippen molar-refractivity contribution in [1.29, 1.82) is 0 Å². The van der Waals surface area contributed by atoms with E-state index in [4.69, 9.17) is 0 Å². The molecule has 0 aliphatic carbocycles. The molecule has 3 heterocycles. The van der Waals surface area contributed by atoms with Gasteiger partial charge in [0.1, 0.15) is 5.82 Å². The number of fused-ring (bicyclic) bond motifs is 6. The topological polar surface area (TPSA) is 56.8 Å². The molecule has 1 aliphatic rings. The van der Waals surface area contributed by atoms with Gasteiger partial charge in [-0.25, -0.2) is 4.98 Å². The van der Waals surface area contributed by atoms with E-state index >= 15 is 0 Å². The molecule has 0 saturated carbocycles. The molecule has 0 spiro atoms. The second kappa shape index (κ2) is 7.07. The van der Waals surface area contributed by atoms with Gasteiger partial charge in [0.15, 0.2) is 0 Å². The lowest BCUT2D eigenvalue weighted by atomic mass is 9.95. The highest BCUT2D eigenvalue weighted by Gasteiger charge is 2.19. The molecule has 0 radical (unpaired) electrons. The number of hydrogen-bond acceptors (Lipinski definition) is 5. The quantitative estimate of drug-likeness (QED) is 0.324. The van der Waals surface area contributed by atoms with Crippen molar-refractivity contribution in [2.24, 2.45) is 0 Å². The van der Waals surface area contributed by atoms with Crippen molar-refractivity contribution in [2.45, 2.75) is 32.9 Å². The van der Waals surface area contributed by atoms with Gasteiger partial charge in [-0.3, -0.25) is 0 Å². The number of imidazole rings is 1. The van der Waals surface area contributed by atoms with Gasteiger partial charge in [0, 0.05) is 41.7 Å². The van der Waals surface area contributed by atoms with Crippen molar-refractivity contribution in [2.75, 3.05) is 7.05 Å². The van der Waals surface area contributed by atoms with Crippen LogP contribution in [0.4, 0.5) is 0 Å². The summed E-state index contributed by atoms with van der Waals surface area (Å²) in [6.45, 7) is 6.47. The Labute approximate surface area is 190 Å². The van der Waals surface area contributed by atoms with E-state index in [2.05, 4.69) is 95.0 Å². The van der Waals surface area contributed by atoms with Crippen molar-refractivity contribution in [1.82, 2.24) is 24.6 Å². The Kier molecular flexibility index (Phi) is 4.27. The molecule has 0 fully saturated rings. The predicted molar refractivity (Wildman–Crippen MR) is 135 cm³/mol. The molecule has 5 aromatic rings. The van der Waals surface area contributed by atoms with Gasteiger partial charge in [-0.1, -0.05) is 38.1 Å². The first-order valence-corrected chi connectivity index (χ1v) is 11.8. The normalized spacial score (nSPS) is 16.5. The smallest absolute Gasteiger partial charge is 0.109 e. The van der Waals surface area contributed by atoms with Gasteiger partial charge in [-0.15, -0.1) is 0 Å². The van der Waals surface area contributed by atoms with Gasteiger partial charge in [-0.2, -0.15) is 4.37 Å². The Morgan fingerprint density at radius 3 is 2.41 bits per heavy atom. The minimum absolute atomic E-state index is 0.304. The van der Waals surface area contributed by atoms with E-state index in [1.54, 1.807) is 11.5 Å². The Morgan fingerprint density at radius 1 is 0.938 bits per heavy atom. The molecular weight excluding hydrogens is 414 g/mol. The molecule has 32 heavy (non-hydrogen) atoms. The lowest BCUT2D eigenvalue weighted by Gasteiger charge is -2.15. The number of benzene rings is 3. The zero-order valence-electron chi connectivity index (χ0n) is 18.6. The number of H-pyrrole nitrogens is 1. The summed E-state index contributed by atoms with van der Waals surface area (Å²) in [5.41, 5.74) is 4.57. The van der Waals surface area contributed by atoms with Gasteiger partial charge < -0.3 is 15.2 Å². The highest BCUT2D eigenvalue weighted by molar-refractivity contribution is 7.14. The van der Waals surface area contributed by atoms with E-state index in [1.165, 1.54) is 37.2 Å². The van der Waals surface area contributed by atoms with Crippen LogP contribution >= 0.6 is 11.5 Å². The summed E-state index contributed by atoms with van der Waals surface area (Å²) in [6.07, 6.45) is 6.43. The first kappa shape index (κ1) is 19.3. The minimum Gasteiger partial charge on any atom is -0.364 e. The summed E-state index contributed by atoms with van der Waals surface area (Å²) >= 11 is 1.57. The van der Waals surface area contributed by atoms with E-state index in [9.17, 15) is 0 Å². The second-order valence-corrected chi connectivity index (χ2v) is 9.76. The maximum atomic E-state index is 4.57. The highest BCUT2D eigenvalue weighted by Crippen LogP contribution is 2.39. The Morgan fingerprint density at radius 2 is 1.69 bits per heavy atom. The fourth-order valence-electron chi connectivity index (χ4n) is 4.54. The van der Waals surface area contributed by atoms with Crippen LogP contribution in [0.2, 0.25) is 0 Å². The third-order valence-corrected chi connectivity index (χ3v) is 7.34. The van der Waals surface area contributed by atoms with Crippen LogP contribution in [-0.2, 0) is 0 Å². The fraction of sp³-hybridized carbons (Fsp3) is 0.231. The monoisotopic (exact) mass is 439 g/mol. The SMILES string of the molecule is CC(C)c1ncc(-c2ccc3c(c2)c2cnsc2c2cc(C4=CN(C)C(C)N4)ccc32)[nH]1. The maximum absolute atomic E-state index is 4.57. The molecule has 6 rings (SSSR count). The van der Waals surface area contributed by atoms with E-state index in [0.717, 1.165) is 22.8 Å². The lowest BCUT2D eigenvalue weighted by molar-refractivity contribution is 0.357. The number of rotatable bonds is 3. The van der Waals surface area contributed by atoms with Crippen molar-refractivity contribution in [3.8, 4) is 11.3 Å². The van der Waals surface area contributed by atoms with Crippen molar-refractivity contribution >= 4 is 48.9 Å². The first-order chi connectivity index (χ1) is 15.5. The van der Waals surface area contributed by atoms with Crippen LogP contribution in [0.25, 0.3) is 48.6 Å². The molecule has 2 N–H and O–H groups in total. The average Bonchev–Trinajstić information content (AvgIpc) is 3.54. The molecule has 6 heteroatoms. The summed E-state index contributed by atoms with van der Waals surface area (Å²) in [6, 6.07) is 13.5. The van der Waals surface area contributed by atoms with Gasteiger partial charge in [0.25, 0.3) is 0 Å². The Balaban J connectivity index is 1.55. The summed E-state index contributed by atoms with van der Waals surface area (Å²) in [4.78, 5) is 10.2. The molecule has 5 nitrogen and oxygen atoms in total. The van der Waals surface area contributed by atoms with Crippen LogP contribution in [0.15, 0.2) is 55.0 Å². The summed E-state index contributed by atoms with van der Waals surface area (Å²) in [7, 11) is 2.10. The molecule has 0 amide bonds. The number of nitrogens with zero attached hydrogens (tertiary/aromatic N) is 3. The van der Waals surface area contributed by atoms with E-state index in [0.29, 0.717) is 12.1 Å². The van der Waals surface area contributed by atoms with Crippen LogP contribution in [-0.4, -0.2) is 32.5 Å². The molecule has 0 saturated heterocycles. The van der Waals surface area contributed by atoms with Gasteiger partial charge in [-0.05, 0) is 52.3 Å². The maximum Gasteiger partial charge on any atom is 0.109 e. The predicted octanol–water partition coefficient (Wildman–Crippen LogP) is 6.30. The molecule has 160 valence electrons. The molecule has 1 atom stereocenters. The van der Waals surface area contributed by atoms with Crippen molar-refractivity contribution in [3.05, 3.63) is 66.4 Å². The Bertz CT molecular complexity index is 1520. The van der Waals surface area contributed by atoms with Crippen molar-refractivity contribution < 1.29 is 0 Å². The zero-order chi connectivity index (χ0) is 22.0. The van der Waals surface area contributed by atoms with Gasteiger partial charge in [0.2, 0.25) is 0 Å². The van der Waals surface area contributed by atoms with Gasteiger partial charge >= 0.3 is 0 Å². The largest absolute Gasteiger partial charge is 0.364 e. The van der Waals surface area contributed by atoms with E-state index in [-0.39, 0.29) is 0 Å². The minimum atomic E-state index is 0.304. The molecule has 0 bridgehead atoms. The van der Waals surface area contributed by atoms with E-state index < -0.39 is 0 Å². The number of aromatic amines is 1. The average molecular weight is 440 g/mol. The Hall–Kier alpha value is -3.38. The summed E-state index contributed by atoms with van der Waals surface area (Å²) in [5.74, 6) is 1.39. The molecule has 3 aromatic carbocycles. The van der Waals surface area contributed by atoms with Crippen LogP contribution in [0.1, 0.15) is 38.1 Å². The van der Waals surface area contributed by atoms with Gasteiger partial charge in [0.05, 0.1) is 28.5 Å². The molecular formula is C26H25N5S. The molecule has 1 aliphatic heterocycles. The van der Waals surface area contributed by atoms with Crippen molar-refractivity contribution in [3.63, 3.8) is 0 Å². The fourth-order valence-corrected chi connectivity index (χ4v) is 5.34. The second-order valence-electron chi connectivity index (χ2n) is 8.95. The number of nitrogens with one attached hydrogen (secondary N) is 2. The highest BCUT2D eigenvalue weighted by atomic mass is 32.1. The summed E-state index contributed by atoms with van der Waals surface area (Å²) in [5, 5.41) is 9.78. The van der Waals surface area contributed by atoms with Crippen LogP contribution in [0.5, 0.6) is 0 Å².